The second-order valence-electron chi connectivity index (χ2n) is 4.69. The van der Waals surface area contributed by atoms with E-state index >= 15 is 0 Å². The Morgan fingerprint density at radius 3 is 1.63 bits per heavy atom. The molecule has 3 rings (SSSR count). The molecule has 0 amide bonds. The Kier molecular flexibility index (Phi) is 3.70. The molecule has 2 nitrogen and oxygen atoms in total. The molecule has 1 aliphatic rings. The van der Waals surface area contributed by atoms with Crippen molar-refractivity contribution in [3.8, 4) is 11.1 Å². The molecular formula is C17H19NO. The number of nitrogens with zero attached hydrogens (tertiary/aromatic N) is 1. The molecule has 1 aliphatic carbocycles. The van der Waals surface area contributed by atoms with Gasteiger partial charge in [0, 0.05) is 11.1 Å². The molecule has 98 valence electrons. The second kappa shape index (κ2) is 5.27. The van der Waals surface area contributed by atoms with Crippen LogP contribution in [-0.4, -0.2) is 11.8 Å². The summed E-state index contributed by atoms with van der Waals surface area (Å²) in [6, 6.07) is 16.6. The normalized spacial score (nSPS) is 11.6. The third kappa shape index (κ3) is 2.26. The lowest BCUT2D eigenvalue weighted by Crippen LogP contribution is -2.03. The van der Waals surface area contributed by atoms with Crippen LogP contribution in [0.2, 0.25) is 0 Å². The molecule has 0 fully saturated rings. The zero-order valence-corrected chi connectivity index (χ0v) is 10.6. The third-order valence-corrected chi connectivity index (χ3v) is 3.01. The molecular weight excluding hydrogens is 234 g/mol. The fourth-order valence-corrected chi connectivity index (χ4v) is 2.25. The standard InChI is InChI=1S/C16H15NO.CH4/c1-11(2)18-17-16-14-9-5-3-7-12(14)13-8-4-6-10-15(13)16;/h3-11H,1-2H3;1H4. The van der Waals surface area contributed by atoms with E-state index in [4.69, 9.17) is 4.84 Å². The highest BCUT2D eigenvalue weighted by molar-refractivity contribution is 6.24. The molecule has 0 saturated carbocycles. The molecule has 0 aliphatic heterocycles. The molecule has 0 radical (unpaired) electrons. The van der Waals surface area contributed by atoms with Crippen LogP contribution in [0.4, 0.5) is 0 Å². The van der Waals surface area contributed by atoms with E-state index in [0.29, 0.717) is 0 Å². The van der Waals surface area contributed by atoms with Crippen LogP contribution in [-0.2, 0) is 4.84 Å². The van der Waals surface area contributed by atoms with Gasteiger partial charge in [0.15, 0.2) is 0 Å². The quantitative estimate of drug-likeness (QED) is 0.617. The lowest BCUT2D eigenvalue weighted by Gasteiger charge is -2.05. The lowest BCUT2D eigenvalue weighted by molar-refractivity contribution is 0.0863. The second-order valence-corrected chi connectivity index (χ2v) is 4.69. The van der Waals surface area contributed by atoms with Crippen molar-refractivity contribution in [1.29, 1.82) is 0 Å². The molecule has 2 aromatic rings. The van der Waals surface area contributed by atoms with E-state index in [1.54, 1.807) is 0 Å². The van der Waals surface area contributed by atoms with E-state index in [0.717, 1.165) is 16.8 Å². The van der Waals surface area contributed by atoms with Crippen molar-refractivity contribution in [2.24, 2.45) is 5.16 Å². The minimum Gasteiger partial charge on any atom is -0.393 e. The van der Waals surface area contributed by atoms with Crippen LogP contribution < -0.4 is 0 Å². The van der Waals surface area contributed by atoms with Gasteiger partial charge in [0.1, 0.15) is 11.8 Å². The van der Waals surface area contributed by atoms with Crippen molar-refractivity contribution < 1.29 is 4.84 Å². The van der Waals surface area contributed by atoms with Gasteiger partial charge in [-0.25, -0.2) is 0 Å². The Morgan fingerprint density at radius 1 is 0.789 bits per heavy atom. The van der Waals surface area contributed by atoms with Gasteiger partial charge in [-0.05, 0) is 25.0 Å². The Balaban J connectivity index is 0.00000133. The fourth-order valence-electron chi connectivity index (χ4n) is 2.25. The summed E-state index contributed by atoms with van der Waals surface area (Å²) in [5, 5.41) is 4.32. The summed E-state index contributed by atoms with van der Waals surface area (Å²) >= 11 is 0. The summed E-state index contributed by atoms with van der Waals surface area (Å²) in [7, 11) is 0. The van der Waals surface area contributed by atoms with Crippen molar-refractivity contribution in [2.75, 3.05) is 0 Å². The molecule has 2 aromatic carbocycles. The largest absolute Gasteiger partial charge is 0.393 e. The third-order valence-electron chi connectivity index (χ3n) is 3.01. The Hall–Kier alpha value is -2.09. The van der Waals surface area contributed by atoms with Gasteiger partial charge in [-0.3, -0.25) is 0 Å². The van der Waals surface area contributed by atoms with Crippen molar-refractivity contribution in [3.63, 3.8) is 0 Å². The van der Waals surface area contributed by atoms with E-state index < -0.39 is 0 Å². The van der Waals surface area contributed by atoms with Gasteiger partial charge < -0.3 is 4.84 Å². The summed E-state index contributed by atoms with van der Waals surface area (Å²) in [5.41, 5.74) is 5.71. The molecule has 0 saturated heterocycles. The van der Waals surface area contributed by atoms with Gasteiger partial charge in [-0.1, -0.05) is 61.1 Å². The zero-order valence-electron chi connectivity index (χ0n) is 10.6. The Labute approximate surface area is 114 Å². The van der Waals surface area contributed by atoms with E-state index in [1.807, 2.05) is 26.0 Å². The summed E-state index contributed by atoms with van der Waals surface area (Å²) in [4.78, 5) is 5.43. The summed E-state index contributed by atoms with van der Waals surface area (Å²) in [6.07, 6.45) is 0.0948. The van der Waals surface area contributed by atoms with E-state index in [2.05, 4.69) is 41.6 Å². The molecule has 19 heavy (non-hydrogen) atoms. The van der Waals surface area contributed by atoms with Crippen LogP contribution >= 0.6 is 0 Å². The molecule has 0 atom stereocenters. The molecule has 0 N–H and O–H groups in total. The maximum atomic E-state index is 5.43. The first kappa shape index (κ1) is 13.3. The number of oxime groups is 1. The van der Waals surface area contributed by atoms with Gasteiger partial charge in [0.25, 0.3) is 0 Å². The smallest absolute Gasteiger partial charge is 0.122 e. The SMILES string of the molecule is C.CC(C)ON=C1c2ccccc2-c2ccccc21. The Bertz CT molecular complexity index is 567. The first-order valence-electron chi connectivity index (χ1n) is 6.20. The molecule has 0 unspecified atom stereocenters. The maximum Gasteiger partial charge on any atom is 0.122 e. The number of hydrogen-bond donors (Lipinski definition) is 0. The Morgan fingerprint density at radius 2 is 1.21 bits per heavy atom. The first-order chi connectivity index (χ1) is 8.77. The van der Waals surface area contributed by atoms with Crippen LogP contribution in [0.15, 0.2) is 53.7 Å². The molecule has 2 heteroatoms. The van der Waals surface area contributed by atoms with Gasteiger partial charge in [0.05, 0.1) is 0 Å². The average molecular weight is 253 g/mol. The molecule has 0 bridgehead atoms. The highest BCUT2D eigenvalue weighted by Gasteiger charge is 2.24. The van der Waals surface area contributed by atoms with Crippen molar-refractivity contribution in [1.82, 2.24) is 0 Å². The van der Waals surface area contributed by atoms with Crippen molar-refractivity contribution >= 4 is 5.71 Å². The number of hydrogen-bond acceptors (Lipinski definition) is 2. The van der Waals surface area contributed by atoms with Crippen LogP contribution in [0.1, 0.15) is 32.4 Å². The monoisotopic (exact) mass is 253 g/mol. The zero-order chi connectivity index (χ0) is 12.5. The van der Waals surface area contributed by atoms with Gasteiger partial charge in [-0.2, -0.15) is 0 Å². The average Bonchev–Trinajstić information content (AvgIpc) is 2.71. The van der Waals surface area contributed by atoms with Crippen LogP contribution in [0, 0.1) is 0 Å². The maximum absolute atomic E-state index is 5.43. The lowest BCUT2D eigenvalue weighted by atomic mass is 10.1. The van der Waals surface area contributed by atoms with Crippen LogP contribution in [0.5, 0.6) is 0 Å². The molecule has 0 spiro atoms. The number of benzene rings is 2. The number of rotatable bonds is 2. The van der Waals surface area contributed by atoms with E-state index in [9.17, 15) is 0 Å². The first-order valence-corrected chi connectivity index (χ1v) is 6.20. The van der Waals surface area contributed by atoms with Crippen molar-refractivity contribution in [2.45, 2.75) is 27.4 Å². The van der Waals surface area contributed by atoms with E-state index in [1.165, 1.54) is 11.1 Å². The van der Waals surface area contributed by atoms with Crippen molar-refractivity contribution in [3.05, 3.63) is 59.7 Å². The number of fused-ring (bicyclic) bond motifs is 3. The van der Waals surface area contributed by atoms with Crippen LogP contribution in [0.3, 0.4) is 0 Å². The summed E-state index contributed by atoms with van der Waals surface area (Å²) in [5.74, 6) is 0. The van der Waals surface area contributed by atoms with Gasteiger partial charge in [0.2, 0.25) is 0 Å². The predicted octanol–water partition coefficient (Wildman–Crippen LogP) is 4.48. The summed E-state index contributed by atoms with van der Waals surface area (Å²) < 4.78 is 0. The van der Waals surface area contributed by atoms with Gasteiger partial charge in [-0.15, -0.1) is 0 Å². The van der Waals surface area contributed by atoms with Crippen LogP contribution in [0.25, 0.3) is 11.1 Å². The highest BCUT2D eigenvalue weighted by Crippen LogP contribution is 2.36. The van der Waals surface area contributed by atoms with E-state index in [-0.39, 0.29) is 13.5 Å². The minimum absolute atomic E-state index is 0. The summed E-state index contributed by atoms with van der Waals surface area (Å²) in [6.45, 7) is 3.97. The minimum atomic E-state index is 0. The molecule has 0 aromatic heterocycles. The highest BCUT2D eigenvalue weighted by atomic mass is 16.6. The predicted molar refractivity (Wildman–Crippen MR) is 80.5 cm³/mol. The topological polar surface area (TPSA) is 21.6 Å². The van der Waals surface area contributed by atoms with Gasteiger partial charge >= 0.3 is 0 Å². The molecule has 0 heterocycles. The fraction of sp³-hybridized carbons (Fsp3) is 0.235.